The molecule has 0 radical (unpaired) electrons. The van der Waals surface area contributed by atoms with Crippen molar-refractivity contribution < 1.29 is 4.74 Å². The van der Waals surface area contributed by atoms with Crippen molar-refractivity contribution in [1.82, 2.24) is 14.8 Å². The molecular weight excluding hydrogens is 226 g/mol. The number of rotatable bonds is 5. The van der Waals surface area contributed by atoms with Gasteiger partial charge in [-0.2, -0.15) is 5.10 Å². The van der Waals surface area contributed by atoms with Crippen LogP contribution in [-0.2, 0) is 11.3 Å². The first-order chi connectivity index (χ1) is 8.76. The molecule has 0 saturated carbocycles. The molecule has 2 rings (SSSR count). The van der Waals surface area contributed by atoms with Crippen LogP contribution in [0, 0.1) is 0 Å². The average Bonchev–Trinajstić information content (AvgIpc) is 2.87. The van der Waals surface area contributed by atoms with Gasteiger partial charge >= 0.3 is 0 Å². The van der Waals surface area contributed by atoms with Crippen molar-refractivity contribution in [2.24, 2.45) is 0 Å². The Kier molecular flexibility index (Phi) is 4.10. The molecule has 96 valence electrons. The van der Waals surface area contributed by atoms with Crippen LogP contribution in [0.15, 0.2) is 30.6 Å². The predicted octanol–water partition coefficient (Wildman–Crippen LogP) is 3.06. The van der Waals surface area contributed by atoms with Crippen molar-refractivity contribution in [3.8, 4) is 11.4 Å². The topological polar surface area (TPSA) is 39.9 Å². The highest BCUT2D eigenvalue weighted by atomic mass is 16.5. The summed E-state index contributed by atoms with van der Waals surface area (Å²) in [5.74, 6) is 0.925. The third kappa shape index (κ3) is 2.59. The third-order valence-electron chi connectivity index (χ3n) is 3.04. The van der Waals surface area contributed by atoms with E-state index in [-0.39, 0.29) is 6.10 Å². The zero-order valence-corrected chi connectivity index (χ0v) is 11.1. The smallest absolute Gasteiger partial charge is 0.158 e. The Morgan fingerprint density at radius 3 is 2.61 bits per heavy atom. The van der Waals surface area contributed by atoms with Crippen molar-refractivity contribution in [2.45, 2.75) is 32.9 Å². The summed E-state index contributed by atoms with van der Waals surface area (Å²) in [6.45, 7) is 5.06. The van der Waals surface area contributed by atoms with Crippen LogP contribution in [0.25, 0.3) is 11.4 Å². The maximum atomic E-state index is 5.30. The second-order valence-corrected chi connectivity index (χ2v) is 4.31. The molecule has 2 aromatic rings. The van der Waals surface area contributed by atoms with Gasteiger partial charge in [-0.05, 0) is 18.9 Å². The number of nitrogens with zero attached hydrogens (tertiary/aromatic N) is 3. The third-order valence-corrected chi connectivity index (χ3v) is 3.04. The first-order valence-corrected chi connectivity index (χ1v) is 6.27. The van der Waals surface area contributed by atoms with E-state index in [1.54, 1.807) is 13.4 Å². The van der Waals surface area contributed by atoms with Crippen LogP contribution in [0.2, 0.25) is 0 Å². The lowest BCUT2D eigenvalue weighted by Crippen LogP contribution is -2.02. The van der Waals surface area contributed by atoms with Gasteiger partial charge in [-0.1, -0.05) is 31.2 Å². The summed E-state index contributed by atoms with van der Waals surface area (Å²) in [5, 5.41) is 4.24. The molecule has 4 nitrogen and oxygen atoms in total. The van der Waals surface area contributed by atoms with Gasteiger partial charge in [0.1, 0.15) is 6.33 Å². The average molecular weight is 245 g/mol. The van der Waals surface area contributed by atoms with Gasteiger partial charge in [0.2, 0.25) is 0 Å². The number of ether oxygens (including phenoxy) is 1. The van der Waals surface area contributed by atoms with Gasteiger partial charge < -0.3 is 4.74 Å². The summed E-state index contributed by atoms with van der Waals surface area (Å²) in [6.07, 6.45) is 2.78. The molecule has 1 atom stereocenters. The van der Waals surface area contributed by atoms with E-state index in [0.717, 1.165) is 24.4 Å². The summed E-state index contributed by atoms with van der Waals surface area (Å²) in [4.78, 5) is 4.32. The first kappa shape index (κ1) is 12.8. The van der Waals surface area contributed by atoms with E-state index in [1.807, 2.05) is 11.6 Å². The number of methoxy groups -OCH3 is 1. The van der Waals surface area contributed by atoms with Crippen LogP contribution in [-0.4, -0.2) is 21.9 Å². The molecular formula is C14H19N3O. The summed E-state index contributed by atoms with van der Waals surface area (Å²) < 4.78 is 7.24. The molecule has 1 aromatic heterocycles. The second kappa shape index (κ2) is 5.78. The maximum absolute atomic E-state index is 5.30. The summed E-state index contributed by atoms with van der Waals surface area (Å²) in [5.41, 5.74) is 2.26. The molecule has 0 aliphatic rings. The van der Waals surface area contributed by atoms with Crippen molar-refractivity contribution >= 4 is 0 Å². The van der Waals surface area contributed by atoms with Gasteiger partial charge in [-0.25, -0.2) is 9.67 Å². The zero-order valence-electron chi connectivity index (χ0n) is 11.1. The molecule has 1 unspecified atom stereocenters. The van der Waals surface area contributed by atoms with Crippen LogP contribution < -0.4 is 0 Å². The molecule has 0 amide bonds. The number of benzene rings is 1. The molecule has 0 saturated heterocycles. The molecule has 1 aromatic carbocycles. The van der Waals surface area contributed by atoms with Crippen molar-refractivity contribution in [2.75, 3.05) is 7.11 Å². The monoisotopic (exact) mass is 245 g/mol. The lowest BCUT2D eigenvalue weighted by atomic mass is 10.1. The van der Waals surface area contributed by atoms with Gasteiger partial charge in [-0.3, -0.25) is 0 Å². The predicted molar refractivity (Wildman–Crippen MR) is 71.2 cm³/mol. The minimum absolute atomic E-state index is 0.118. The van der Waals surface area contributed by atoms with Crippen LogP contribution in [0.1, 0.15) is 31.9 Å². The maximum Gasteiger partial charge on any atom is 0.158 e. The van der Waals surface area contributed by atoms with E-state index in [9.17, 15) is 0 Å². The van der Waals surface area contributed by atoms with Crippen LogP contribution in [0.4, 0.5) is 0 Å². The minimum Gasteiger partial charge on any atom is -0.377 e. The fraction of sp³-hybridized carbons (Fsp3) is 0.429. The zero-order chi connectivity index (χ0) is 13.0. The first-order valence-electron chi connectivity index (χ1n) is 6.27. The Labute approximate surface area is 108 Å². The summed E-state index contributed by atoms with van der Waals surface area (Å²) in [6, 6.07) is 8.30. The van der Waals surface area contributed by atoms with Crippen molar-refractivity contribution in [3.05, 3.63) is 36.2 Å². The number of hydrogen-bond donors (Lipinski definition) is 0. The standard InChI is InChI=1S/C14H19N3O/c1-4-9-17-14(15-10-16-17)13-7-5-12(6-8-13)11(2)18-3/h5-8,10-11H,4,9H2,1-3H3. The molecule has 18 heavy (non-hydrogen) atoms. The van der Waals surface area contributed by atoms with Crippen molar-refractivity contribution in [3.63, 3.8) is 0 Å². The lowest BCUT2D eigenvalue weighted by molar-refractivity contribution is 0.119. The molecule has 1 heterocycles. The fourth-order valence-corrected chi connectivity index (χ4v) is 1.90. The van der Waals surface area contributed by atoms with E-state index in [1.165, 1.54) is 5.56 Å². The fourth-order valence-electron chi connectivity index (χ4n) is 1.90. The summed E-state index contributed by atoms with van der Waals surface area (Å²) in [7, 11) is 1.72. The minimum atomic E-state index is 0.118. The van der Waals surface area contributed by atoms with Gasteiger partial charge in [0.15, 0.2) is 5.82 Å². The van der Waals surface area contributed by atoms with Gasteiger partial charge in [0.25, 0.3) is 0 Å². The number of aromatic nitrogens is 3. The van der Waals surface area contributed by atoms with Crippen LogP contribution in [0.5, 0.6) is 0 Å². The SMILES string of the molecule is CCCn1ncnc1-c1ccc(C(C)OC)cc1. The van der Waals surface area contributed by atoms with Gasteiger partial charge in [0, 0.05) is 19.2 Å². The quantitative estimate of drug-likeness (QED) is 0.812. The van der Waals surface area contributed by atoms with E-state index >= 15 is 0 Å². The van der Waals surface area contributed by atoms with E-state index < -0.39 is 0 Å². The lowest BCUT2D eigenvalue weighted by Gasteiger charge is -2.10. The molecule has 0 aliphatic heterocycles. The largest absolute Gasteiger partial charge is 0.377 e. The Morgan fingerprint density at radius 1 is 1.28 bits per heavy atom. The Balaban J connectivity index is 2.26. The highest BCUT2D eigenvalue weighted by Gasteiger charge is 2.08. The highest BCUT2D eigenvalue weighted by molar-refractivity contribution is 5.55. The van der Waals surface area contributed by atoms with Crippen molar-refractivity contribution in [1.29, 1.82) is 0 Å². The molecule has 0 spiro atoms. The molecule has 0 aliphatic carbocycles. The van der Waals surface area contributed by atoms with E-state index in [2.05, 4.69) is 41.3 Å². The molecule has 0 bridgehead atoms. The van der Waals surface area contributed by atoms with Gasteiger partial charge in [-0.15, -0.1) is 0 Å². The Morgan fingerprint density at radius 2 is 2.00 bits per heavy atom. The Hall–Kier alpha value is -1.68. The molecule has 0 fully saturated rings. The molecule has 0 N–H and O–H groups in total. The van der Waals surface area contributed by atoms with Gasteiger partial charge in [0.05, 0.1) is 6.10 Å². The second-order valence-electron chi connectivity index (χ2n) is 4.31. The molecule has 4 heteroatoms. The normalized spacial score (nSPS) is 12.6. The van der Waals surface area contributed by atoms with E-state index in [4.69, 9.17) is 4.74 Å². The van der Waals surface area contributed by atoms with E-state index in [0.29, 0.717) is 0 Å². The van der Waals surface area contributed by atoms with Crippen LogP contribution in [0.3, 0.4) is 0 Å². The number of hydrogen-bond acceptors (Lipinski definition) is 3. The summed E-state index contributed by atoms with van der Waals surface area (Å²) >= 11 is 0. The highest BCUT2D eigenvalue weighted by Crippen LogP contribution is 2.21. The number of aryl methyl sites for hydroxylation is 1. The van der Waals surface area contributed by atoms with Crippen LogP contribution >= 0.6 is 0 Å². The Bertz CT molecular complexity index is 490.